The van der Waals surface area contributed by atoms with Crippen molar-refractivity contribution in [3.8, 4) is 0 Å². The van der Waals surface area contributed by atoms with Crippen LogP contribution in [0.5, 0.6) is 0 Å². The van der Waals surface area contributed by atoms with Gasteiger partial charge in [0.15, 0.2) is 0 Å². The molecule has 0 fully saturated rings. The summed E-state index contributed by atoms with van der Waals surface area (Å²) in [6, 6.07) is 0. The third-order valence-electron chi connectivity index (χ3n) is 1.79. The number of hydrogen-bond donors (Lipinski definition) is 0. The van der Waals surface area contributed by atoms with Gasteiger partial charge in [-0.3, -0.25) is 0 Å². The largest absolute Gasteiger partial charge is 0.382 e. The average Bonchev–Trinajstić information content (AvgIpc) is 2.26. The Labute approximate surface area is 92.5 Å². The first-order valence-corrected chi connectivity index (χ1v) is 5.73. The van der Waals surface area contributed by atoms with E-state index in [4.69, 9.17) is 14.2 Å². The first-order valence-electron chi connectivity index (χ1n) is 5.73. The molecule has 0 unspecified atom stereocenters. The highest BCUT2D eigenvalue weighted by molar-refractivity contribution is 4.38. The summed E-state index contributed by atoms with van der Waals surface area (Å²) in [6.07, 6.45) is 2.45. The lowest BCUT2D eigenvalue weighted by Gasteiger charge is -2.05. The Morgan fingerprint density at radius 2 is 1.20 bits per heavy atom. The molecule has 0 spiro atoms. The second kappa shape index (κ2) is 13.8. The Kier molecular flexibility index (Phi) is 13.7. The van der Waals surface area contributed by atoms with Crippen LogP contribution in [-0.2, 0) is 19.3 Å². The minimum atomic E-state index is -0.0477. The highest BCUT2D eigenvalue weighted by Gasteiger charge is 1.91. The quantitative estimate of drug-likeness (QED) is 0.469. The van der Waals surface area contributed by atoms with Crippen LogP contribution in [0.1, 0.15) is 26.2 Å². The molecule has 0 aromatic rings. The molecule has 0 amide bonds. The van der Waals surface area contributed by atoms with Crippen molar-refractivity contribution in [2.75, 3.05) is 46.2 Å². The van der Waals surface area contributed by atoms with E-state index in [9.17, 15) is 5.11 Å². The Hall–Kier alpha value is -0.160. The van der Waals surface area contributed by atoms with Gasteiger partial charge in [0.1, 0.15) is 0 Å². The van der Waals surface area contributed by atoms with Crippen molar-refractivity contribution in [2.45, 2.75) is 26.2 Å². The fourth-order valence-electron chi connectivity index (χ4n) is 1.04. The second-order valence-corrected chi connectivity index (χ2v) is 3.19. The Bertz CT molecular complexity index is 96.8. The number of ether oxygens (including phenoxy) is 3. The maximum Gasteiger partial charge on any atom is 0.0844 e. The van der Waals surface area contributed by atoms with Gasteiger partial charge in [-0.25, -0.2) is 5.11 Å². The van der Waals surface area contributed by atoms with Crippen molar-refractivity contribution in [3.05, 3.63) is 0 Å². The smallest absolute Gasteiger partial charge is 0.0844 e. The van der Waals surface area contributed by atoms with E-state index in [-0.39, 0.29) is 6.61 Å². The van der Waals surface area contributed by atoms with Gasteiger partial charge in [-0.1, -0.05) is 0 Å². The molecule has 0 saturated heterocycles. The van der Waals surface area contributed by atoms with E-state index in [1.807, 2.05) is 6.92 Å². The first-order chi connectivity index (χ1) is 7.41. The third-order valence-corrected chi connectivity index (χ3v) is 1.79. The maximum atomic E-state index is 10.1. The lowest BCUT2D eigenvalue weighted by atomic mass is 10.4. The fourth-order valence-corrected chi connectivity index (χ4v) is 1.04. The van der Waals surface area contributed by atoms with Gasteiger partial charge in [-0.15, -0.1) is 0 Å². The van der Waals surface area contributed by atoms with Crippen LogP contribution in [0.2, 0.25) is 0 Å². The van der Waals surface area contributed by atoms with Crippen LogP contribution < -0.4 is 0 Å². The van der Waals surface area contributed by atoms with Crippen molar-refractivity contribution in [2.24, 2.45) is 0 Å². The van der Waals surface area contributed by atoms with Crippen LogP contribution in [-0.4, -0.2) is 46.2 Å². The van der Waals surface area contributed by atoms with Gasteiger partial charge in [0, 0.05) is 39.6 Å². The SMILES string of the molecule is CCOCCCOCCCOCCC[O]. The number of rotatable bonds is 12. The molecule has 0 aliphatic rings. The normalized spacial score (nSPS) is 10.8. The zero-order chi connectivity index (χ0) is 11.2. The van der Waals surface area contributed by atoms with Crippen LogP contribution in [0.4, 0.5) is 0 Å². The van der Waals surface area contributed by atoms with Crippen molar-refractivity contribution in [1.29, 1.82) is 0 Å². The van der Waals surface area contributed by atoms with Gasteiger partial charge >= 0.3 is 0 Å². The molecule has 15 heavy (non-hydrogen) atoms. The standard InChI is InChI=1S/C11H23O4/c1-2-13-8-4-9-15-11-5-10-14-7-3-6-12/h2-11H2,1H3. The highest BCUT2D eigenvalue weighted by Crippen LogP contribution is 1.90. The van der Waals surface area contributed by atoms with Gasteiger partial charge in [0.05, 0.1) is 6.61 Å². The molecule has 1 radical (unpaired) electrons. The van der Waals surface area contributed by atoms with Gasteiger partial charge in [-0.05, 0) is 26.2 Å². The third kappa shape index (κ3) is 13.8. The van der Waals surface area contributed by atoms with Gasteiger partial charge in [-0.2, -0.15) is 0 Å². The predicted molar refractivity (Wildman–Crippen MR) is 57.5 cm³/mol. The molecule has 0 heterocycles. The zero-order valence-electron chi connectivity index (χ0n) is 9.70. The highest BCUT2D eigenvalue weighted by atomic mass is 16.5. The van der Waals surface area contributed by atoms with Crippen LogP contribution in [0.25, 0.3) is 0 Å². The molecule has 0 atom stereocenters. The average molecular weight is 219 g/mol. The minimum Gasteiger partial charge on any atom is -0.382 e. The topological polar surface area (TPSA) is 47.6 Å². The molecule has 0 rings (SSSR count). The van der Waals surface area contributed by atoms with E-state index in [2.05, 4.69) is 0 Å². The van der Waals surface area contributed by atoms with Crippen molar-refractivity contribution in [1.82, 2.24) is 0 Å². The summed E-state index contributed by atoms with van der Waals surface area (Å²) in [4.78, 5) is 0. The van der Waals surface area contributed by atoms with Gasteiger partial charge in [0.2, 0.25) is 0 Å². The van der Waals surface area contributed by atoms with Crippen LogP contribution in [0.15, 0.2) is 0 Å². The summed E-state index contributed by atoms with van der Waals surface area (Å²) in [6.45, 7) is 6.22. The van der Waals surface area contributed by atoms with Crippen LogP contribution in [0.3, 0.4) is 0 Å². The fraction of sp³-hybridized carbons (Fsp3) is 1.00. The Balaban J connectivity index is 2.81. The summed E-state index contributed by atoms with van der Waals surface area (Å²) >= 11 is 0. The van der Waals surface area contributed by atoms with Crippen LogP contribution in [0, 0.1) is 0 Å². The molecule has 91 valence electrons. The monoisotopic (exact) mass is 219 g/mol. The summed E-state index contributed by atoms with van der Waals surface area (Å²) < 4.78 is 15.8. The molecular formula is C11H23O4. The van der Waals surface area contributed by atoms with Crippen LogP contribution >= 0.6 is 0 Å². The lowest BCUT2D eigenvalue weighted by molar-refractivity contribution is 0.0590. The van der Waals surface area contributed by atoms with Crippen molar-refractivity contribution < 1.29 is 19.3 Å². The predicted octanol–water partition coefficient (Wildman–Crippen LogP) is 1.66. The summed E-state index contributed by atoms with van der Waals surface area (Å²) in [5.74, 6) is 0. The summed E-state index contributed by atoms with van der Waals surface area (Å²) in [7, 11) is 0. The minimum absolute atomic E-state index is 0.0477. The van der Waals surface area contributed by atoms with Crippen molar-refractivity contribution in [3.63, 3.8) is 0 Å². The van der Waals surface area contributed by atoms with Gasteiger partial charge < -0.3 is 14.2 Å². The summed E-state index contributed by atoms with van der Waals surface area (Å²) in [5, 5.41) is 10.1. The molecule has 4 nitrogen and oxygen atoms in total. The van der Waals surface area contributed by atoms with E-state index in [0.717, 1.165) is 39.3 Å². The lowest BCUT2D eigenvalue weighted by Crippen LogP contribution is -2.05. The van der Waals surface area contributed by atoms with E-state index >= 15 is 0 Å². The van der Waals surface area contributed by atoms with E-state index in [1.54, 1.807) is 0 Å². The zero-order valence-corrected chi connectivity index (χ0v) is 9.70. The molecule has 0 bridgehead atoms. The maximum absolute atomic E-state index is 10.1. The second-order valence-electron chi connectivity index (χ2n) is 3.19. The molecule has 4 heteroatoms. The van der Waals surface area contributed by atoms with E-state index in [0.29, 0.717) is 19.6 Å². The molecule has 0 aromatic carbocycles. The molecule has 0 aliphatic carbocycles. The molecule has 0 aromatic heterocycles. The number of hydrogen-bond acceptors (Lipinski definition) is 3. The Morgan fingerprint density at radius 1 is 0.733 bits per heavy atom. The molecule has 0 N–H and O–H groups in total. The van der Waals surface area contributed by atoms with E-state index < -0.39 is 0 Å². The van der Waals surface area contributed by atoms with Gasteiger partial charge in [0.25, 0.3) is 0 Å². The summed E-state index contributed by atoms with van der Waals surface area (Å²) in [5.41, 5.74) is 0. The molecular weight excluding hydrogens is 196 g/mol. The first kappa shape index (κ1) is 14.8. The molecule has 0 saturated carbocycles. The Morgan fingerprint density at radius 3 is 1.67 bits per heavy atom. The van der Waals surface area contributed by atoms with E-state index in [1.165, 1.54) is 0 Å². The molecule has 0 aliphatic heterocycles. The van der Waals surface area contributed by atoms with Crippen molar-refractivity contribution >= 4 is 0 Å².